The number of thioether (sulfide) groups is 1. The van der Waals surface area contributed by atoms with Gasteiger partial charge < -0.3 is 9.90 Å². The predicted octanol–water partition coefficient (Wildman–Crippen LogP) is 2.04. The average Bonchev–Trinajstić information content (AvgIpc) is 2.27. The van der Waals surface area contributed by atoms with E-state index < -0.39 is 5.97 Å². The van der Waals surface area contributed by atoms with Crippen LogP contribution in [0, 0.1) is 6.92 Å². The summed E-state index contributed by atoms with van der Waals surface area (Å²) in [5.74, 6) is -1.18. The lowest BCUT2D eigenvalue weighted by Gasteiger charge is -2.07. The van der Waals surface area contributed by atoms with Crippen LogP contribution in [0.25, 0.3) is 10.9 Å². The summed E-state index contributed by atoms with van der Waals surface area (Å²) in [5.41, 5.74) is 1.84. The molecule has 0 saturated carbocycles. The van der Waals surface area contributed by atoms with Gasteiger partial charge in [-0.3, -0.25) is 0 Å². The van der Waals surface area contributed by atoms with Gasteiger partial charge in [0, 0.05) is 16.2 Å². The molecule has 0 bridgehead atoms. The third-order valence-corrected chi connectivity index (χ3v) is 3.41. The molecule has 1 heterocycles. The van der Waals surface area contributed by atoms with Crippen molar-refractivity contribution in [2.75, 3.05) is 5.75 Å². The van der Waals surface area contributed by atoms with Crippen LogP contribution >= 0.6 is 23.4 Å². The molecule has 3 nitrogen and oxygen atoms in total. The predicted molar refractivity (Wildman–Crippen MR) is 67.2 cm³/mol. The molecule has 0 fully saturated rings. The van der Waals surface area contributed by atoms with E-state index in [0.717, 1.165) is 28.2 Å². The molecular formula is C12H9ClNO2S-. The third kappa shape index (κ3) is 2.90. The van der Waals surface area contributed by atoms with Crippen LogP contribution in [0.3, 0.4) is 0 Å². The minimum atomic E-state index is -1.09. The molecule has 0 radical (unpaired) electrons. The number of rotatable bonds is 3. The molecule has 0 aliphatic carbocycles. The number of benzene rings is 1. The molecular weight excluding hydrogens is 258 g/mol. The Bertz CT molecular complexity index is 586. The Balaban J connectivity index is 2.41. The van der Waals surface area contributed by atoms with E-state index in [2.05, 4.69) is 4.98 Å². The lowest BCUT2D eigenvalue weighted by atomic mass is 10.1. The number of carbonyl (C=O) groups excluding carboxylic acids is 1. The van der Waals surface area contributed by atoms with Gasteiger partial charge in [-0.15, -0.1) is 11.8 Å². The van der Waals surface area contributed by atoms with Gasteiger partial charge >= 0.3 is 0 Å². The second-order valence-corrected chi connectivity index (χ2v) is 5.03. The molecule has 0 aliphatic rings. The van der Waals surface area contributed by atoms with Crippen LogP contribution in [0.1, 0.15) is 5.56 Å². The minimum Gasteiger partial charge on any atom is -0.549 e. The third-order valence-electron chi connectivity index (χ3n) is 2.29. The highest BCUT2D eigenvalue weighted by molar-refractivity contribution is 7.99. The van der Waals surface area contributed by atoms with Gasteiger partial charge in [-0.2, -0.15) is 0 Å². The number of aryl methyl sites for hydroxylation is 1. The summed E-state index contributed by atoms with van der Waals surface area (Å²) in [6.45, 7) is 1.95. The fourth-order valence-corrected chi connectivity index (χ4v) is 2.40. The maximum atomic E-state index is 10.4. The summed E-state index contributed by atoms with van der Waals surface area (Å²) < 4.78 is 0. The summed E-state index contributed by atoms with van der Waals surface area (Å²) in [4.78, 5) is 14.8. The number of aromatic nitrogens is 1. The average molecular weight is 267 g/mol. The lowest BCUT2D eigenvalue weighted by molar-refractivity contribution is -0.301. The number of hydrogen-bond donors (Lipinski definition) is 0. The van der Waals surface area contributed by atoms with Crippen molar-refractivity contribution < 1.29 is 9.90 Å². The standard InChI is InChI=1S/C12H10ClNO2S/c1-7-4-11(17-6-12(15)16)14-10-3-2-8(13)5-9(7)10/h2-5H,6H2,1H3,(H,15,16)/p-1. The first-order chi connectivity index (χ1) is 8.06. The molecule has 0 atom stereocenters. The second-order valence-electron chi connectivity index (χ2n) is 3.60. The van der Waals surface area contributed by atoms with Crippen LogP contribution in [0.4, 0.5) is 0 Å². The van der Waals surface area contributed by atoms with E-state index in [9.17, 15) is 9.90 Å². The van der Waals surface area contributed by atoms with Gasteiger partial charge in [0.05, 0.1) is 16.5 Å². The normalized spacial score (nSPS) is 10.7. The molecule has 0 aliphatic heterocycles. The van der Waals surface area contributed by atoms with E-state index in [-0.39, 0.29) is 5.75 Å². The largest absolute Gasteiger partial charge is 0.549 e. The first-order valence-corrected chi connectivity index (χ1v) is 6.32. The quantitative estimate of drug-likeness (QED) is 0.798. The van der Waals surface area contributed by atoms with Gasteiger partial charge in [0.25, 0.3) is 0 Å². The molecule has 0 N–H and O–H groups in total. The van der Waals surface area contributed by atoms with Gasteiger partial charge in [0.2, 0.25) is 0 Å². The highest BCUT2D eigenvalue weighted by Crippen LogP contribution is 2.25. The Labute approximate surface area is 108 Å². The summed E-state index contributed by atoms with van der Waals surface area (Å²) in [6, 6.07) is 7.30. The molecule has 5 heteroatoms. The number of fused-ring (bicyclic) bond motifs is 1. The maximum Gasteiger partial charge on any atom is 0.0973 e. The Hall–Kier alpha value is -1.26. The van der Waals surface area contributed by atoms with E-state index in [1.54, 1.807) is 6.07 Å². The fourth-order valence-electron chi connectivity index (χ4n) is 1.54. The van der Waals surface area contributed by atoms with Crippen molar-refractivity contribution in [1.29, 1.82) is 0 Å². The van der Waals surface area contributed by atoms with Crippen LogP contribution in [-0.2, 0) is 4.79 Å². The zero-order chi connectivity index (χ0) is 12.4. The first-order valence-electron chi connectivity index (χ1n) is 4.96. The summed E-state index contributed by atoms with van der Waals surface area (Å²) in [5, 5.41) is 12.7. The SMILES string of the molecule is Cc1cc(SCC(=O)[O-])nc2ccc(Cl)cc12. The Kier molecular flexibility index (Phi) is 3.54. The number of pyridine rings is 1. The fraction of sp³-hybridized carbons (Fsp3) is 0.167. The van der Waals surface area contributed by atoms with E-state index in [1.165, 1.54) is 0 Å². The first kappa shape index (κ1) is 12.2. The van der Waals surface area contributed by atoms with Gasteiger partial charge in [0.15, 0.2) is 0 Å². The zero-order valence-electron chi connectivity index (χ0n) is 9.07. The number of hydrogen-bond acceptors (Lipinski definition) is 4. The number of carboxylic acids is 1. The summed E-state index contributed by atoms with van der Waals surface area (Å²) in [7, 11) is 0. The van der Waals surface area contributed by atoms with Crippen molar-refractivity contribution in [3.8, 4) is 0 Å². The van der Waals surface area contributed by atoms with Crippen molar-refractivity contribution in [1.82, 2.24) is 4.98 Å². The van der Waals surface area contributed by atoms with Crippen LogP contribution in [-0.4, -0.2) is 16.7 Å². The minimum absolute atomic E-state index is 0.0917. The molecule has 0 amide bonds. The van der Waals surface area contributed by atoms with E-state index in [4.69, 9.17) is 11.6 Å². The Morgan fingerprint density at radius 1 is 1.47 bits per heavy atom. The molecule has 0 spiro atoms. The monoisotopic (exact) mass is 266 g/mol. The molecule has 0 saturated heterocycles. The second kappa shape index (κ2) is 4.94. The lowest BCUT2D eigenvalue weighted by Crippen LogP contribution is -2.24. The molecule has 1 aromatic heterocycles. The molecule has 2 rings (SSSR count). The van der Waals surface area contributed by atoms with Crippen LogP contribution in [0.15, 0.2) is 29.3 Å². The Morgan fingerprint density at radius 2 is 2.24 bits per heavy atom. The maximum absolute atomic E-state index is 10.4. The van der Waals surface area contributed by atoms with Crippen molar-refractivity contribution in [2.24, 2.45) is 0 Å². The van der Waals surface area contributed by atoms with E-state index in [1.807, 2.05) is 25.1 Å². The topological polar surface area (TPSA) is 53.0 Å². The molecule has 2 aromatic rings. The number of carboxylic acid groups (broad SMARTS) is 1. The molecule has 0 unspecified atom stereocenters. The van der Waals surface area contributed by atoms with Crippen molar-refractivity contribution >= 4 is 40.2 Å². The number of carbonyl (C=O) groups is 1. The highest BCUT2D eigenvalue weighted by atomic mass is 35.5. The molecule has 1 aromatic carbocycles. The number of nitrogens with zero attached hydrogens (tertiary/aromatic N) is 1. The van der Waals surface area contributed by atoms with E-state index in [0.29, 0.717) is 10.0 Å². The van der Waals surface area contributed by atoms with Gasteiger partial charge in [-0.1, -0.05) is 11.6 Å². The van der Waals surface area contributed by atoms with Gasteiger partial charge in [-0.05, 0) is 36.8 Å². The molecule has 88 valence electrons. The van der Waals surface area contributed by atoms with Crippen molar-refractivity contribution in [3.05, 3.63) is 34.9 Å². The highest BCUT2D eigenvalue weighted by Gasteiger charge is 2.04. The van der Waals surface area contributed by atoms with Crippen LogP contribution in [0.5, 0.6) is 0 Å². The van der Waals surface area contributed by atoms with Crippen LogP contribution < -0.4 is 5.11 Å². The molecule has 17 heavy (non-hydrogen) atoms. The zero-order valence-corrected chi connectivity index (χ0v) is 10.6. The smallest absolute Gasteiger partial charge is 0.0973 e. The number of halogens is 1. The Morgan fingerprint density at radius 3 is 2.94 bits per heavy atom. The van der Waals surface area contributed by atoms with E-state index >= 15 is 0 Å². The summed E-state index contributed by atoms with van der Waals surface area (Å²) >= 11 is 7.07. The summed E-state index contributed by atoms with van der Waals surface area (Å²) in [6.07, 6.45) is 0. The van der Waals surface area contributed by atoms with Crippen molar-refractivity contribution in [2.45, 2.75) is 11.9 Å². The van der Waals surface area contributed by atoms with Gasteiger partial charge in [-0.25, -0.2) is 4.98 Å². The number of aliphatic carboxylic acids is 1. The van der Waals surface area contributed by atoms with Gasteiger partial charge in [0.1, 0.15) is 0 Å². The van der Waals surface area contributed by atoms with Crippen LogP contribution in [0.2, 0.25) is 5.02 Å². The van der Waals surface area contributed by atoms with Crippen molar-refractivity contribution in [3.63, 3.8) is 0 Å².